The molecular weight excluding hydrogens is 1030 g/mol. The number of aliphatic hydroxyl groups excluding tert-OH is 8. The van der Waals surface area contributed by atoms with Crippen LogP contribution in [0, 0.1) is 0 Å². The Hall–Kier alpha value is -2.83. The van der Waals surface area contributed by atoms with E-state index in [0.717, 1.165) is 83.5 Å². The van der Waals surface area contributed by atoms with Gasteiger partial charge in [-0.2, -0.15) is 0 Å². The van der Waals surface area contributed by atoms with Gasteiger partial charge >= 0.3 is 0 Å². The predicted octanol–water partition coefficient (Wildman–Crippen LogP) is 12.1. The van der Waals surface area contributed by atoms with Crippen molar-refractivity contribution >= 4 is 5.91 Å². The van der Waals surface area contributed by atoms with Gasteiger partial charge in [0, 0.05) is 6.42 Å². The standard InChI is InChI=1S/C67H117NO13/c1-3-5-7-9-11-13-15-17-19-21-22-23-24-25-26-27-28-29-30-31-32-33-34-35-37-39-41-43-45-47-49-51-59(72)68-55(56(71)50-48-46-44-42-40-38-36-20-18-16-14-12-10-8-6-4-2)54-78-66-64(77)62(75)65(58(53-70)80-66)81-67-63(76)61(74)60(73)57(52-69)79-67/h5,7,11,13,17,19,22-23,25-26,28-29,48,50,55-58,60-67,69-71,73-77H,3-4,6,8-10,12,14-16,18,20-21,24,27,30-47,49,51-54H2,1-2H3,(H,68,72)/b7-5-,13-11-,19-17-,23-22-,26-25-,29-28-,50-48+. The number of carbonyl (C=O) groups excluding carboxylic acids is 1. The first-order valence-electron chi connectivity index (χ1n) is 32.3. The average molecular weight is 1140 g/mol. The highest BCUT2D eigenvalue weighted by atomic mass is 16.7. The normalized spacial score (nSPS) is 24.7. The van der Waals surface area contributed by atoms with Gasteiger partial charge in [0.2, 0.25) is 5.91 Å². The zero-order valence-electron chi connectivity index (χ0n) is 50.5. The van der Waals surface area contributed by atoms with Crippen LogP contribution in [0.5, 0.6) is 0 Å². The second-order valence-corrected chi connectivity index (χ2v) is 22.5. The number of aliphatic hydroxyl groups is 8. The minimum atomic E-state index is -1.79. The summed E-state index contributed by atoms with van der Waals surface area (Å²) < 4.78 is 22.8. The summed E-state index contributed by atoms with van der Waals surface area (Å²) in [6, 6.07) is -0.920. The van der Waals surface area contributed by atoms with Crippen molar-refractivity contribution in [2.75, 3.05) is 19.8 Å². The molecule has 0 aromatic rings. The molecular formula is C67H117NO13. The van der Waals surface area contributed by atoms with Crippen molar-refractivity contribution in [3.63, 3.8) is 0 Å². The molecule has 0 aromatic heterocycles. The molecule has 2 aliphatic rings. The molecule has 0 aliphatic carbocycles. The lowest BCUT2D eigenvalue weighted by molar-refractivity contribution is -0.359. The molecule has 12 unspecified atom stereocenters. The van der Waals surface area contributed by atoms with Gasteiger partial charge in [-0.25, -0.2) is 0 Å². The van der Waals surface area contributed by atoms with Crippen molar-refractivity contribution in [1.82, 2.24) is 5.32 Å². The first-order chi connectivity index (χ1) is 39.6. The van der Waals surface area contributed by atoms with Gasteiger partial charge in [0.15, 0.2) is 12.6 Å². The summed E-state index contributed by atoms with van der Waals surface area (Å²) >= 11 is 0. The van der Waals surface area contributed by atoms with Gasteiger partial charge in [-0.05, 0) is 70.6 Å². The van der Waals surface area contributed by atoms with Crippen LogP contribution < -0.4 is 5.32 Å². The molecule has 0 bridgehead atoms. The Bertz CT molecular complexity index is 1680. The van der Waals surface area contributed by atoms with E-state index in [1.807, 2.05) is 6.08 Å². The number of allylic oxidation sites excluding steroid dienone is 13. The molecule has 12 atom stereocenters. The molecule has 0 saturated carbocycles. The number of rotatable bonds is 51. The van der Waals surface area contributed by atoms with E-state index in [1.165, 1.54) is 128 Å². The first kappa shape index (κ1) is 74.3. The number of nitrogens with one attached hydrogen (secondary N) is 1. The third-order valence-corrected chi connectivity index (χ3v) is 15.3. The Morgan fingerprint density at radius 1 is 0.457 bits per heavy atom. The van der Waals surface area contributed by atoms with Crippen molar-refractivity contribution in [2.45, 2.75) is 312 Å². The maximum absolute atomic E-state index is 13.3. The van der Waals surface area contributed by atoms with Crippen molar-refractivity contribution in [2.24, 2.45) is 0 Å². The van der Waals surface area contributed by atoms with Gasteiger partial charge in [-0.15, -0.1) is 0 Å². The van der Waals surface area contributed by atoms with Gasteiger partial charge < -0.3 is 65.1 Å². The fourth-order valence-electron chi connectivity index (χ4n) is 10.2. The van der Waals surface area contributed by atoms with Crippen molar-refractivity contribution in [1.29, 1.82) is 0 Å². The van der Waals surface area contributed by atoms with Crippen LogP contribution in [0.2, 0.25) is 0 Å². The zero-order chi connectivity index (χ0) is 58.8. The number of ether oxygens (including phenoxy) is 4. The summed E-state index contributed by atoms with van der Waals surface area (Å²) in [6.07, 6.45) is 53.3. The lowest BCUT2D eigenvalue weighted by atomic mass is 9.97. The quantitative estimate of drug-likeness (QED) is 0.0204. The number of amides is 1. The van der Waals surface area contributed by atoms with E-state index in [0.29, 0.717) is 6.42 Å². The summed E-state index contributed by atoms with van der Waals surface area (Å²) in [6.45, 7) is 2.69. The van der Waals surface area contributed by atoms with E-state index in [9.17, 15) is 45.6 Å². The highest BCUT2D eigenvalue weighted by Gasteiger charge is 2.51. The average Bonchev–Trinajstić information content (AvgIpc) is 3.47. The van der Waals surface area contributed by atoms with Crippen LogP contribution in [0.25, 0.3) is 0 Å². The maximum Gasteiger partial charge on any atom is 0.220 e. The third-order valence-electron chi connectivity index (χ3n) is 15.3. The van der Waals surface area contributed by atoms with Crippen molar-refractivity contribution in [3.05, 3.63) is 85.1 Å². The van der Waals surface area contributed by atoms with E-state index in [2.05, 4.69) is 92.1 Å². The minimum absolute atomic E-state index is 0.244. The van der Waals surface area contributed by atoms with Gasteiger partial charge in [0.05, 0.1) is 32.0 Å². The van der Waals surface area contributed by atoms with Crippen molar-refractivity contribution < 1.29 is 64.6 Å². The fourth-order valence-corrected chi connectivity index (χ4v) is 10.2. The van der Waals surface area contributed by atoms with E-state index < -0.39 is 86.8 Å². The molecule has 9 N–H and O–H groups in total. The van der Waals surface area contributed by atoms with Crippen LogP contribution in [0.3, 0.4) is 0 Å². The molecule has 2 rings (SSSR count). The molecule has 81 heavy (non-hydrogen) atoms. The van der Waals surface area contributed by atoms with E-state index in [-0.39, 0.29) is 18.9 Å². The summed E-state index contributed by atoms with van der Waals surface area (Å²) in [5.41, 5.74) is 0. The Morgan fingerprint density at radius 3 is 1.31 bits per heavy atom. The molecule has 0 aromatic carbocycles. The molecule has 0 spiro atoms. The number of hydrogen-bond donors (Lipinski definition) is 9. The topological polar surface area (TPSA) is 228 Å². The molecule has 14 heteroatoms. The number of hydrogen-bond acceptors (Lipinski definition) is 13. The van der Waals surface area contributed by atoms with Crippen LogP contribution in [0.15, 0.2) is 85.1 Å². The third kappa shape index (κ3) is 36.6. The summed E-state index contributed by atoms with van der Waals surface area (Å²) in [7, 11) is 0. The van der Waals surface area contributed by atoms with E-state index >= 15 is 0 Å². The largest absolute Gasteiger partial charge is 0.394 e. The van der Waals surface area contributed by atoms with Crippen LogP contribution >= 0.6 is 0 Å². The van der Waals surface area contributed by atoms with Gasteiger partial charge in [-0.3, -0.25) is 4.79 Å². The van der Waals surface area contributed by atoms with E-state index in [4.69, 9.17) is 18.9 Å². The van der Waals surface area contributed by atoms with Crippen LogP contribution in [0.1, 0.15) is 239 Å². The smallest absolute Gasteiger partial charge is 0.220 e. The van der Waals surface area contributed by atoms with Crippen molar-refractivity contribution in [3.8, 4) is 0 Å². The van der Waals surface area contributed by atoms with Crippen LogP contribution in [-0.2, 0) is 23.7 Å². The Kier molecular flexibility index (Phi) is 47.3. The van der Waals surface area contributed by atoms with Crippen LogP contribution in [0.4, 0.5) is 0 Å². The van der Waals surface area contributed by atoms with Gasteiger partial charge in [-0.1, -0.05) is 247 Å². The predicted molar refractivity (Wildman–Crippen MR) is 327 cm³/mol. The van der Waals surface area contributed by atoms with Gasteiger partial charge in [0.25, 0.3) is 0 Å². The first-order valence-corrected chi connectivity index (χ1v) is 32.3. The summed E-state index contributed by atoms with van der Waals surface area (Å²) in [4.78, 5) is 13.3. The lowest BCUT2D eigenvalue weighted by Gasteiger charge is -2.46. The number of carbonyl (C=O) groups is 1. The Balaban J connectivity index is 1.69. The second kappa shape index (κ2) is 51.6. The Morgan fingerprint density at radius 2 is 0.852 bits per heavy atom. The van der Waals surface area contributed by atoms with E-state index in [1.54, 1.807) is 6.08 Å². The molecule has 2 aliphatic heterocycles. The second-order valence-electron chi connectivity index (χ2n) is 22.5. The maximum atomic E-state index is 13.3. The van der Waals surface area contributed by atoms with Gasteiger partial charge in [0.1, 0.15) is 48.8 Å². The molecule has 0 radical (unpaired) electrons. The Labute approximate surface area is 491 Å². The molecule has 14 nitrogen and oxygen atoms in total. The molecule has 1 amide bonds. The molecule has 468 valence electrons. The number of unbranched alkanes of at least 4 members (excludes halogenated alkanes) is 26. The van der Waals surface area contributed by atoms with Crippen LogP contribution in [-0.4, -0.2) is 140 Å². The molecule has 2 saturated heterocycles. The SMILES string of the molecule is CC/C=C\C/C=C\C/C=C\C/C=C\C/C=C\C/C=C\CCCCCCCCCCCCCCC(=O)NC(COC1OC(CO)C(OC2OC(CO)C(O)C(O)C2O)C(O)C1O)C(O)/C=C/CCCCCCCCCCCCCCCC. The summed E-state index contributed by atoms with van der Waals surface area (Å²) in [5, 5.41) is 87.2. The lowest BCUT2D eigenvalue weighted by Crippen LogP contribution is -2.65. The highest BCUT2D eigenvalue weighted by Crippen LogP contribution is 2.30. The zero-order valence-corrected chi connectivity index (χ0v) is 50.5. The molecule has 2 fully saturated rings. The molecule has 2 heterocycles. The highest BCUT2D eigenvalue weighted by molar-refractivity contribution is 5.76. The summed E-state index contributed by atoms with van der Waals surface area (Å²) in [5.74, 6) is -0.244. The minimum Gasteiger partial charge on any atom is -0.394 e. The fraction of sp³-hybridized carbons (Fsp3) is 0.776. The monoisotopic (exact) mass is 1140 g/mol.